The van der Waals surface area contributed by atoms with Crippen molar-refractivity contribution in [2.75, 3.05) is 0 Å². The zero-order valence-corrected chi connectivity index (χ0v) is 10.9. The summed E-state index contributed by atoms with van der Waals surface area (Å²) in [6.45, 7) is 0. The van der Waals surface area contributed by atoms with Gasteiger partial charge in [0.2, 0.25) is 0 Å². The molecule has 0 atom stereocenters. The van der Waals surface area contributed by atoms with Crippen LogP contribution >= 0.6 is 11.6 Å². The van der Waals surface area contributed by atoms with E-state index in [0.29, 0.717) is 22.2 Å². The first-order valence-corrected chi connectivity index (χ1v) is 6.03. The van der Waals surface area contributed by atoms with Crippen LogP contribution < -0.4 is 4.74 Å². The van der Waals surface area contributed by atoms with Crippen LogP contribution in [0.25, 0.3) is 17.0 Å². The van der Waals surface area contributed by atoms with Crippen molar-refractivity contribution < 1.29 is 17.9 Å². The molecular formula is C12H6ClF3N4O. The number of nitrogens with zero attached hydrogens (tertiary/aromatic N) is 4. The third-order valence-corrected chi connectivity index (χ3v) is 2.89. The fraction of sp³-hybridized carbons (Fsp3) is 0.0833. The summed E-state index contributed by atoms with van der Waals surface area (Å²) in [5.41, 5.74) is 0.984. The van der Waals surface area contributed by atoms with Crippen molar-refractivity contribution >= 4 is 17.2 Å². The SMILES string of the molecule is FC(F)(F)Oc1ccc(-c2nnc3cncc(Cl)n23)cc1. The van der Waals surface area contributed by atoms with Crippen LogP contribution in [0.15, 0.2) is 36.7 Å². The molecular weight excluding hydrogens is 309 g/mol. The lowest BCUT2D eigenvalue weighted by atomic mass is 10.2. The van der Waals surface area contributed by atoms with Gasteiger partial charge in [-0.1, -0.05) is 11.6 Å². The van der Waals surface area contributed by atoms with Crippen LogP contribution in [0.1, 0.15) is 0 Å². The third-order valence-electron chi connectivity index (χ3n) is 2.62. The smallest absolute Gasteiger partial charge is 0.406 e. The second-order valence-electron chi connectivity index (χ2n) is 4.02. The van der Waals surface area contributed by atoms with Gasteiger partial charge >= 0.3 is 6.36 Å². The van der Waals surface area contributed by atoms with Crippen molar-refractivity contribution in [3.63, 3.8) is 0 Å². The Bertz CT molecular complexity index is 785. The van der Waals surface area contributed by atoms with E-state index in [1.165, 1.54) is 41.1 Å². The summed E-state index contributed by atoms with van der Waals surface area (Å²) >= 11 is 6.02. The van der Waals surface area contributed by atoms with E-state index in [2.05, 4.69) is 19.9 Å². The van der Waals surface area contributed by atoms with Gasteiger partial charge in [0.05, 0.1) is 12.4 Å². The molecule has 0 aliphatic rings. The minimum absolute atomic E-state index is 0.295. The first kappa shape index (κ1) is 13.6. The molecule has 5 nitrogen and oxygen atoms in total. The van der Waals surface area contributed by atoms with Gasteiger partial charge in [-0.2, -0.15) is 0 Å². The molecule has 3 aromatic rings. The molecule has 21 heavy (non-hydrogen) atoms. The van der Waals surface area contributed by atoms with Gasteiger partial charge < -0.3 is 4.74 Å². The maximum Gasteiger partial charge on any atom is 0.573 e. The number of halogens is 4. The monoisotopic (exact) mass is 314 g/mol. The Morgan fingerprint density at radius 3 is 2.43 bits per heavy atom. The fourth-order valence-corrected chi connectivity index (χ4v) is 2.03. The zero-order valence-electron chi connectivity index (χ0n) is 10.2. The fourth-order valence-electron chi connectivity index (χ4n) is 1.81. The van der Waals surface area contributed by atoms with Gasteiger partial charge in [-0.3, -0.25) is 9.38 Å². The van der Waals surface area contributed by atoms with E-state index in [-0.39, 0.29) is 5.75 Å². The van der Waals surface area contributed by atoms with E-state index < -0.39 is 6.36 Å². The highest BCUT2D eigenvalue weighted by Gasteiger charge is 2.31. The predicted molar refractivity (Wildman–Crippen MR) is 67.9 cm³/mol. The summed E-state index contributed by atoms with van der Waals surface area (Å²) in [5, 5.41) is 8.14. The van der Waals surface area contributed by atoms with Crippen molar-refractivity contribution in [1.82, 2.24) is 19.6 Å². The second-order valence-corrected chi connectivity index (χ2v) is 4.41. The number of hydrogen-bond donors (Lipinski definition) is 0. The minimum Gasteiger partial charge on any atom is -0.406 e. The van der Waals surface area contributed by atoms with Gasteiger partial charge in [0.15, 0.2) is 11.5 Å². The van der Waals surface area contributed by atoms with Crippen LogP contribution in [-0.2, 0) is 0 Å². The number of alkyl halides is 3. The van der Waals surface area contributed by atoms with Crippen LogP contribution in [0.3, 0.4) is 0 Å². The molecule has 0 saturated carbocycles. The van der Waals surface area contributed by atoms with E-state index in [1.54, 1.807) is 0 Å². The van der Waals surface area contributed by atoms with Crippen molar-refractivity contribution in [2.24, 2.45) is 0 Å². The highest BCUT2D eigenvalue weighted by atomic mass is 35.5. The molecule has 2 heterocycles. The summed E-state index contributed by atoms with van der Waals surface area (Å²) < 4.78 is 41.7. The maximum absolute atomic E-state index is 12.1. The molecule has 0 aliphatic carbocycles. The Morgan fingerprint density at radius 1 is 1.05 bits per heavy atom. The first-order chi connectivity index (χ1) is 9.94. The minimum atomic E-state index is -4.72. The van der Waals surface area contributed by atoms with Gasteiger partial charge in [-0.05, 0) is 24.3 Å². The topological polar surface area (TPSA) is 52.3 Å². The highest BCUT2D eigenvalue weighted by Crippen LogP contribution is 2.27. The van der Waals surface area contributed by atoms with Gasteiger partial charge in [0.25, 0.3) is 0 Å². The zero-order chi connectivity index (χ0) is 15.0. The lowest BCUT2D eigenvalue weighted by Crippen LogP contribution is -2.16. The maximum atomic E-state index is 12.1. The standard InChI is InChI=1S/C12H6ClF3N4O/c13-9-5-17-6-10-18-19-11(20(9)10)7-1-3-8(4-2-7)21-12(14,15)16/h1-6H. The lowest BCUT2D eigenvalue weighted by molar-refractivity contribution is -0.274. The molecule has 0 spiro atoms. The van der Waals surface area contributed by atoms with E-state index >= 15 is 0 Å². The predicted octanol–water partition coefficient (Wildman–Crippen LogP) is 3.34. The molecule has 0 unspecified atom stereocenters. The Kier molecular flexibility index (Phi) is 3.17. The molecule has 0 amide bonds. The van der Waals surface area contributed by atoms with E-state index in [9.17, 15) is 13.2 Å². The van der Waals surface area contributed by atoms with Crippen LogP contribution in [0.5, 0.6) is 5.75 Å². The molecule has 9 heteroatoms. The highest BCUT2D eigenvalue weighted by molar-refractivity contribution is 6.29. The Balaban J connectivity index is 2.00. The van der Waals surface area contributed by atoms with E-state index in [1.807, 2.05) is 0 Å². The second kappa shape index (κ2) is 4.88. The summed E-state index contributed by atoms with van der Waals surface area (Å²) in [6.07, 6.45) is -1.83. The average molecular weight is 315 g/mol. The van der Waals surface area contributed by atoms with Crippen LogP contribution in [-0.4, -0.2) is 25.9 Å². The van der Waals surface area contributed by atoms with Gasteiger partial charge in [-0.15, -0.1) is 23.4 Å². The molecule has 1 aromatic carbocycles. The van der Waals surface area contributed by atoms with Crippen molar-refractivity contribution in [2.45, 2.75) is 6.36 Å². The van der Waals surface area contributed by atoms with Gasteiger partial charge in [0.1, 0.15) is 10.9 Å². The Hall–Kier alpha value is -2.35. The summed E-state index contributed by atoms with van der Waals surface area (Å²) in [5.74, 6) is 0.0868. The molecule has 0 fully saturated rings. The quantitative estimate of drug-likeness (QED) is 0.728. The molecule has 0 bridgehead atoms. The molecule has 0 radical (unpaired) electrons. The third kappa shape index (κ3) is 2.75. The molecule has 3 rings (SSSR count). The first-order valence-electron chi connectivity index (χ1n) is 5.65. The number of ether oxygens (including phenoxy) is 1. The summed E-state index contributed by atoms with van der Waals surface area (Å²) in [4.78, 5) is 3.87. The van der Waals surface area contributed by atoms with Gasteiger partial charge in [-0.25, -0.2) is 0 Å². The van der Waals surface area contributed by atoms with Crippen LogP contribution in [0, 0.1) is 0 Å². The van der Waals surface area contributed by atoms with Crippen molar-refractivity contribution in [3.8, 4) is 17.1 Å². The number of aromatic nitrogens is 4. The number of benzene rings is 1. The number of hydrogen-bond acceptors (Lipinski definition) is 4. The molecule has 2 aromatic heterocycles. The molecule has 0 N–H and O–H groups in total. The number of fused-ring (bicyclic) bond motifs is 1. The van der Waals surface area contributed by atoms with Crippen molar-refractivity contribution in [3.05, 3.63) is 41.8 Å². The summed E-state index contributed by atoms with van der Waals surface area (Å²) in [6, 6.07) is 5.26. The number of rotatable bonds is 2. The lowest BCUT2D eigenvalue weighted by Gasteiger charge is -2.09. The van der Waals surface area contributed by atoms with Crippen LogP contribution in [0.2, 0.25) is 5.15 Å². The van der Waals surface area contributed by atoms with E-state index in [4.69, 9.17) is 11.6 Å². The largest absolute Gasteiger partial charge is 0.573 e. The Morgan fingerprint density at radius 2 is 1.76 bits per heavy atom. The molecule has 0 aliphatic heterocycles. The van der Waals surface area contributed by atoms with Crippen LogP contribution in [0.4, 0.5) is 13.2 Å². The summed E-state index contributed by atoms with van der Waals surface area (Å²) in [7, 11) is 0. The molecule has 0 saturated heterocycles. The molecule has 108 valence electrons. The normalized spacial score (nSPS) is 11.8. The van der Waals surface area contributed by atoms with Gasteiger partial charge in [0, 0.05) is 5.56 Å². The average Bonchev–Trinajstić information content (AvgIpc) is 2.83. The van der Waals surface area contributed by atoms with E-state index in [0.717, 1.165) is 0 Å². The Labute approximate surface area is 121 Å². The van der Waals surface area contributed by atoms with Crippen molar-refractivity contribution in [1.29, 1.82) is 0 Å².